The topological polar surface area (TPSA) is 30.5 Å². The van der Waals surface area contributed by atoms with Crippen molar-refractivity contribution < 1.29 is 39.0 Å². The molecular weight excluding hydrogens is 628 g/mol. The summed E-state index contributed by atoms with van der Waals surface area (Å²) >= 11 is 33.6. The van der Waals surface area contributed by atoms with E-state index >= 15 is 0 Å². The molecule has 0 aromatic heterocycles. The quantitative estimate of drug-likeness (QED) is 0.0733. The van der Waals surface area contributed by atoms with Crippen molar-refractivity contribution >= 4 is 142 Å². The van der Waals surface area contributed by atoms with E-state index in [4.69, 9.17) is 0 Å². The molecule has 16 heteroatoms. The summed E-state index contributed by atoms with van der Waals surface area (Å²) in [7, 11) is 0. The van der Waals surface area contributed by atoms with Crippen LogP contribution in [0.25, 0.3) is 0 Å². The second-order valence-electron chi connectivity index (χ2n) is 2.86. The Hall–Kier alpha value is 2.65. The Morgan fingerprint density at radius 1 is 0.769 bits per heavy atom. The van der Waals surface area contributed by atoms with Crippen molar-refractivity contribution in [2.45, 2.75) is 0 Å². The third-order valence-electron chi connectivity index (χ3n) is 1.48. The van der Waals surface area contributed by atoms with Crippen molar-refractivity contribution in [3.05, 3.63) is 0 Å². The van der Waals surface area contributed by atoms with Gasteiger partial charge in [-0.3, -0.25) is 11.0 Å². The van der Waals surface area contributed by atoms with Crippen LogP contribution < -0.4 is 10.6 Å². The molecule has 0 saturated heterocycles. The summed E-state index contributed by atoms with van der Waals surface area (Å²) in [6.45, 7) is 1.33. The zero-order chi connectivity index (χ0) is 19.4. The number of hydrogen-bond acceptors (Lipinski definition) is 10. The van der Waals surface area contributed by atoms with Gasteiger partial charge in [-0.25, -0.2) is 0 Å². The molecule has 0 unspecified atom stereocenters. The Kier molecular flexibility index (Phi) is 48.7. The van der Waals surface area contributed by atoms with Gasteiger partial charge < -0.3 is 92.2 Å². The summed E-state index contributed by atoms with van der Waals surface area (Å²) < 4.78 is 4.29. The van der Waals surface area contributed by atoms with Gasteiger partial charge in [0.25, 0.3) is 0 Å². The standard InChI is InChI=1S/C4H8N2S4.2C3H6NS3.2Zn/c7-3(8)5-1-2-6-4(9)10;2*1-6-4(3-5)7-2;;/h1-2H2,(H2,5,7,8)(H2,6,9,10);2*1-2H3;;/q;2*-1;2*+2/p-2. The molecule has 4 nitrogen and oxygen atoms in total. The maximum absolute atomic E-state index is 4.59. The summed E-state index contributed by atoms with van der Waals surface area (Å²) in [6.07, 6.45) is 7.82. The van der Waals surface area contributed by atoms with Gasteiger partial charge in [-0.2, -0.15) is 0 Å². The van der Waals surface area contributed by atoms with Crippen LogP contribution in [0.1, 0.15) is 0 Å². The van der Waals surface area contributed by atoms with Crippen molar-refractivity contribution in [2.24, 2.45) is 0 Å². The molecule has 0 heterocycles. The largest absolute Gasteiger partial charge is 2.00 e. The number of nitrogens with one attached hydrogen (secondary N) is 2. The molecule has 0 aliphatic rings. The Balaban J connectivity index is -0.0000000836. The van der Waals surface area contributed by atoms with E-state index in [-0.39, 0.29) is 39.0 Å². The summed E-state index contributed by atoms with van der Waals surface area (Å²) in [6, 6.07) is 0. The molecule has 0 aromatic carbocycles. The number of nitrogens with zero attached hydrogens (tertiary/aromatic N) is 2. The molecule has 0 aliphatic heterocycles. The maximum atomic E-state index is 4.59. The van der Waals surface area contributed by atoms with Crippen molar-refractivity contribution in [1.29, 1.82) is 0 Å². The third-order valence-corrected chi connectivity index (χ3v) is 6.36. The predicted octanol–water partition coefficient (Wildman–Crippen LogP) is 3.18. The first-order valence-corrected chi connectivity index (χ1v) is 12.9. The molecule has 0 saturated carbocycles. The normalized spacial score (nSPS) is 7.69. The average Bonchev–Trinajstić information content (AvgIpc) is 2.56. The number of hydrogen-bond donors (Lipinski definition) is 2. The van der Waals surface area contributed by atoms with E-state index in [0.29, 0.717) is 21.7 Å². The van der Waals surface area contributed by atoms with Crippen LogP contribution in [0.4, 0.5) is 0 Å². The molecule has 0 aliphatic carbocycles. The molecule has 0 rings (SSSR count). The molecule has 0 amide bonds. The van der Waals surface area contributed by atoms with Crippen molar-refractivity contribution in [3.63, 3.8) is 0 Å². The van der Waals surface area contributed by atoms with Gasteiger partial charge in [0.05, 0.1) is 0 Å². The Labute approximate surface area is 233 Å². The van der Waals surface area contributed by atoms with E-state index in [1.54, 1.807) is 55.2 Å². The number of rotatable bonds is 9. The molecule has 0 fully saturated rings. The summed E-state index contributed by atoms with van der Waals surface area (Å²) in [4.78, 5) is 0. The minimum absolute atomic E-state index is 0. The molecule has 142 valence electrons. The zero-order valence-electron chi connectivity index (χ0n) is 14.8. The molecule has 0 bridgehead atoms. The number of thiocarbonyl (C=S) groups is 4. The van der Waals surface area contributed by atoms with Gasteiger partial charge in [0.2, 0.25) is 0 Å². The van der Waals surface area contributed by atoms with Crippen LogP contribution in [0.3, 0.4) is 0 Å². The first kappa shape index (κ1) is 39.2. The second-order valence-corrected chi connectivity index (χ2v) is 8.75. The molecule has 0 aromatic rings. The molecule has 26 heavy (non-hydrogen) atoms. The van der Waals surface area contributed by atoms with E-state index in [1.165, 1.54) is 0 Å². The SMILES string of the molecule is CSN([C-]=S)SC.CSN([C-]=S)SC.S=C([S-])NCCNC(=S)[S-].[Zn+2].[Zn+2]. The predicted molar refractivity (Wildman–Crippen MR) is 139 cm³/mol. The third kappa shape index (κ3) is 37.4. The van der Waals surface area contributed by atoms with Crippen LogP contribution in [-0.4, -0.2) is 65.2 Å². The van der Waals surface area contributed by atoms with Gasteiger partial charge in [-0.1, -0.05) is 56.4 Å². The van der Waals surface area contributed by atoms with Gasteiger partial charge in [0.15, 0.2) is 0 Å². The van der Waals surface area contributed by atoms with Gasteiger partial charge in [-0.15, -0.1) is 0 Å². The van der Waals surface area contributed by atoms with E-state index in [9.17, 15) is 0 Å². The van der Waals surface area contributed by atoms with Gasteiger partial charge in [0.1, 0.15) is 0 Å². The minimum Gasteiger partial charge on any atom is -0.436 e. The first-order chi connectivity index (χ1) is 11.3. The van der Waals surface area contributed by atoms with Gasteiger partial charge >= 0.3 is 39.0 Å². The fraction of sp³-hybridized carbons (Fsp3) is 0.600. The van der Waals surface area contributed by atoms with Gasteiger partial charge in [-0.05, 0) is 25.0 Å². The van der Waals surface area contributed by atoms with E-state index in [2.05, 4.69) is 95.7 Å². The van der Waals surface area contributed by atoms with Crippen molar-refractivity contribution in [3.8, 4) is 0 Å². The maximum Gasteiger partial charge on any atom is 2.00 e. The first-order valence-electron chi connectivity index (χ1n) is 5.74. The van der Waals surface area contributed by atoms with E-state index in [0.717, 1.165) is 0 Å². The Morgan fingerprint density at radius 2 is 1.00 bits per heavy atom. The van der Waals surface area contributed by atoms with Crippen LogP contribution in [-0.2, 0) is 64.2 Å². The summed E-state index contributed by atoms with van der Waals surface area (Å²) in [5, 5.41) is 5.56. The molecule has 0 radical (unpaired) electrons. The van der Waals surface area contributed by atoms with Crippen LogP contribution >= 0.6 is 96.7 Å². The van der Waals surface area contributed by atoms with E-state index < -0.39 is 0 Å². The zero-order valence-corrected chi connectivity index (χ0v) is 28.9. The second kappa shape index (κ2) is 32.3. The smallest absolute Gasteiger partial charge is 0.436 e. The van der Waals surface area contributed by atoms with E-state index in [1.807, 2.05) is 25.0 Å². The van der Waals surface area contributed by atoms with Crippen LogP contribution in [0.5, 0.6) is 0 Å². The average molecular weight is 646 g/mol. The Bertz CT molecular complexity index is 314. The minimum atomic E-state index is 0. The monoisotopic (exact) mass is 642 g/mol. The molecule has 0 spiro atoms. The van der Waals surface area contributed by atoms with Crippen LogP contribution in [0.15, 0.2) is 0 Å². The summed E-state index contributed by atoms with van der Waals surface area (Å²) in [5.41, 5.74) is 5.09. The van der Waals surface area contributed by atoms with Crippen molar-refractivity contribution in [2.75, 3.05) is 38.1 Å². The fourth-order valence-electron chi connectivity index (χ4n) is 0.627. The van der Waals surface area contributed by atoms with Crippen LogP contribution in [0.2, 0.25) is 0 Å². The molecule has 0 atom stereocenters. The van der Waals surface area contributed by atoms with Gasteiger partial charge in [0, 0.05) is 13.1 Å². The van der Waals surface area contributed by atoms with Crippen LogP contribution in [0, 0.1) is 0 Å². The Morgan fingerprint density at radius 3 is 1.08 bits per heavy atom. The molecule has 2 N–H and O–H groups in total. The molecular formula is C10H18N4S10Zn2. The summed E-state index contributed by atoms with van der Waals surface area (Å²) in [5.74, 6) is 0. The van der Waals surface area contributed by atoms with Crippen molar-refractivity contribution in [1.82, 2.24) is 18.1 Å². The fourth-order valence-corrected chi connectivity index (χ4v) is 3.42.